The number of nitrogens with zero attached hydrogens (tertiary/aromatic N) is 3. The number of aliphatic hydroxyl groups excluding tert-OH is 1. The van der Waals surface area contributed by atoms with Crippen molar-refractivity contribution >= 4 is 52.9 Å². The normalized spacial score (nSPS) is 17.7. The Morgan fingerprint density at radius 1 is 0.762 bits per heavy atom. The Balaban J connectivity index is 1.70. The van der Waals surface area contributed by atoms with E-state index in [9.17, 15) is 43.5 Å². The number of urea groups is 1. The maximum absolute atomic E-state index is 14.8. The molecule has 0 aromatic heterocycles. The average Bonchev–Trinajstić information content (AvgIpc) is 3.91. The zero-order chi connectivity index (χ0) is 60.1. The van der Waals surface area contributed by atoms with Crippen LogP contribution >= 0.6 is 0 Å². The van der Waals surface area contributed by atoms with Crippen LogP contribution in [0.3, 0.4) is 0 Å². The fourth-order valence-electron chi connectivity index (χ4n) is 11.1. The third-order valence-electron chi connectivity index (χ3n) is 16.3. The number of hydrogen-bond donors (Lipinski definition) is 5. The predicted octanol–water partition coefficient (Wildman–Crippen LogP) is 7.71. The molecule has 0 radical (unpaired) electrons. The van der Waals surface area contributed by atoms with Crippen LogP contribution in [0.4, 0.5) is 15.3 Å². The molecular formula is C61H97N7O12. The van der Waals surface area contributed by atoms with Crippen LogP contribution in [0.15, 0.2) is 54.6 Å². The molecule has 2 aromatic carbocycles. The zero-order valence-corrected chi connectivity index (χ0v) is 50.3. The zero-order valence-electron chi connectivity index (χ0n) is 50.3. The Hall–Kier alpha value is -5.76. The number of hydrogen-bond acceptors (Lipinski definition) is 13. The number of primary amides is 1. The highest BCUT2D eigenvalue weighted by atomic mass is 16.6. The maximum atomic E-state index is 14.8. The molecule has 448 valence electrons. The summed E-state index contributed by atoms with van der Waals surface area (Å²) in [4.78, 5) is 113. The largest absolute Gasteiger partial charge is 0.445 e. The van der Waals surface area contributed by atoms with Crippen LogP contribution < -0.4 is 22.1 Å². The molecule has 0 saturated carbocycles. The summed E-state index contributed by atoms with van der Waals surface area (Å²) in [6.45, 7) is 19.3. The van der Waals surface area contributed by atoms with Gasteiger partial charge in [-0.3, -0.25) is 28.8 Å². The van der Waals surface area contributed by atoms with Gasteiger partial charge in [-0.25, -0.2) is 9.59 Å². The number of nitrogens with two attached hydrogens (primary N) is 2. The Bertz CT molecular complexity index is 2320. The molecule has 1 aliphatic heterocycles. The number of aliphatic hydroxyl groups is 1. The van der Waals surface area contributed by atoms with Crippen LogP contribution in [0.25, 0.3) is 0 Å². The highest BCUT2D eigenvalue weighted by Crippen LogP contribution is 2.33. The Morgan fingerprint density at radius 3 is 1.95 bits per heavy atom. The molecule has 1 fully saturated rings. The van der Waals surface area contributed by atoms with Crippen molar-refractivity contribution in [2.75, 3.05) is 46.7 Å². The topological polar surface area (TPSA) is 270 Å². The van der Waals surface area contributed by atoms with Crippen molar-refractivity contribution in [2.45, 2.75) is 176 Å². The molecule has 7 N–H and O–H groups in total. The molecule has 0 bridgehead atoms. The van der Waals surface area contributed by atoms with Gasteiger partial charge in [0.1, 0.15) is 12.4 Å². The Morgan fingerprint density at radius 2 is 1.40 bits per heavy atom. The lowest BCUT2D eigenvalue weighted by Crippen LogP contribution is -2.54. The number of amides is 6. The summed E-state index contributed by atoms with van der Waals surface area (Å²) in [5, 5.41) is 16.3. The first-order valence-electron chi connectivity index (χ1n) is 28.7. The Kier molecular flexibility index (Phi) is 28.5. The SMILES string of the molecule is CC[C@H](C)C([C@@H](CC(=O)N1CCC[C@H]1[C@H](OC)[C@@H](C)C(=O)C[C@H](C)[C@@H](O)c1ccccc1)OC)N(C)C(=O)[C@@H](CC(=O)[C@H](C(C)C)N(C)C(=O)OCc1ccc(NC(=O)[C@H](CCCNC(N)=O)CC(=O)[C@@H](N)C(C)C)cc1)C(C)C. The van der Waals surface area contributed by atoms with Gasteiger partial charge in [0, 0.05) is 84.1 Å². The fourth-order valence-corrected chi connectivity index (χ4v) is 11.1. The van der Waals surface area contributed by atoms with Crippen molar-refractivity contribution in [1.82, 2.24) is 20.0 Å². The number of anilines is 1. The van der Waals surface area contributed by atoms with Crippen LogP contribution in [-0.4, -0.2) is 145 Å². The van der Waals surface area contributed by atoms with Crippen molar-refractivity contribution < 1.29 is 57.7 Å². The molecule has 1 heterocycles. The molecular weight excluding hydrogens is 1020 g/mol. The van der Waals surface area contributed by atoms with Crippen molar-refractivity contribution in [1.29, 1.82) is 0 Å². The van der Waals surface area contributed by atoms with Crippen LogP contribution in [-0.2, 0) is 49.6 Å². The molecule has 0 aliphatic carbocycles. The lowest BCUT2D eigenvalue weighted by atomic mass is 9.83. The second-order valence-electron chi connectivity index (χ2n) is 23.2. The number of carbonyl (C=O) groups excluding carboxylic acids is 8. The highest BCUT2D eigenvalue weighted by Gasteiger charge is 2.44. The summed E-state index contributed by atoms with van der Waals surface area (Å²) in [6, 6.07) is 12.7. The van der Waals surface area contributed by atoms with E-state index < -0.39 is 66.3 Å². The summed E-state index contributed by atoms with van der Waals surface area (Å²) in [6.07, 6.45) is -0.218. The molecule has 12 atom stereocenters. The summed E-state index contributed by atoms with van der Waals surface area (Å²) < 4.78 is 17.8. The van der Waals surface area contributed by atoms with Gasteiger partial charge in [-0.05, 0) is 78.5 Å². The highest BCUT2D eigenvalue weighted by molar-refractivity contribution is 5.96. The van der Waals surface area contributed by atoms with Gasteiger partial charge in [0.25, 0.3) is 0 Å². The minimum absolute atomic E-state index is 0.0364. The van der Waals surface area contributed by atoms with Gasteiger partial charge in [-0.2, -0.15) is 0 Å². The summed E-state index contributed by atoms with van der Waals surface area (Å²) >= 11 is 0. The van der Waals surface area contributed by atoms with Crippen LogP contribution in [0.2, 0.25) is 0 Å². The van der Waals surface area contributed by atoms with E-state index in [4.69, 9.17) is 25.7 Å². The van der Waals surface area contributed by atoms with Crippen molar-refractivity contribution in [2.24, 2.45) is 58.8 Å². The quantitative estimate of drug-likeness (QED) is 0.0421. The number of nitrogens with one attached hydrogen (secondary N) is 2. The lowest BCUT2D eigenvalue weighted by Gasteiger charge is -2.41. The molecule has 0 spiro atoms. The van der Waals surface area contributed by atoms with E-state index >= 15 is 0 Å². The predicted molar refractivity (Wildman–Crippen MR) is 309 cm³/mol. The first kappa shape index (κ1) is 68.5. The van der Waals surface area contributed by atoms with Gasteiger partial charge < -0.3 is 56.1 Å². The number of rotatable bonds is 34. The van der Waals surface area contributed by atoms with Gasteiger partial charge in [-0.15, -0.1) is 0 Å². The van der Waals surface area contributed by atoms with E-state index in [-0.39, 0.29) is 110 Å². The standard InChI is InChI=1S/C61H97N7O12/c1-15-39(8)55(51(78-13)34-52(72)68-30-20-24-47(68)57(79-14)41(10)48(69)31-40(9)56(73)43-21-17-16-18-22-43)66(11)59(75)46(36(2)3)33-50(71)54(38(6)7)67(12)61(77)80-35-42-25-27-45(28-26-42)65-58(74)44(23-19-29-64-60(63)76)32-49(70)53(62)37(4)5/h16-18,21-22,25-28,36-41,44,46-47,51,53-57,73H,15,19-20,23-24,29-35,62H2,1-14H3,(H,65,74)(H3,63,64,76)/t39-,40-,41-,44+,46-,47-,51+,53-,54-,55?,56+,57+/m0/s1. The number of ether oxygens (including phenoxy) is 3. The fraction of sp³-hybridized carbons (Fsp3) is 0.672. The first-order valence-corrected chi connectivity index (χ1v) is 28.7. The number of carbonyl (C=O) groups is 8. The summed E-state index contributed by atoms with van der Waals surface area (Å²) in [5.74, 6) is -4.67. The number of Topliss-reactive ketones (excluding diaryl/α,β-unsaturated/α-hetero) is 3. The van der Waals surface area contributed by atoms with E-state index in [1.54, 1.807) is 48.2 Å². The second kappa shape index (κ2) is 33.2. The smallest absolute Gasteiger partial charge is 0.410 e. The van der Waals surface area contributed by atoms with Crippen LogP contribution in [0, 0.1) is 47.3 Å². The van der Waals surface area contributed by atoms with E-state index in [0.29, 0.717) is 43.5 Å². The number of benzene rings is 2. The van der Waals surface area contributed by atoms with Crippen LogP contribution in [0.1, 0.15) is 144 Å². The minimum Gasteiger partial charge on any atom is -0.445 e. The van der Waals surface area contributed by atoms with Crippen molar-refractivity contribution in [3.63, 3.8) is 0 Å². The third kappa shape index (κ3) is 19.8. The number of methoxy groups -OCH3 is 2. The molecule has 6 amide bonds. The number of likely N-dealkylation sites (tertiary alicyclic amines) is 1. The molecule has 19 heteroatoms. The van der Waals surface area contributed by atoms with Crippen LogP contribution in [0.5, 0.6) is 0 Å². The average molecular weight is 1120 g/mol. The van der Waals surface area contributed by atoms with Crippen molar-refractivity contribution in [3.05, 3.63) is 65.7 Å². The van der Waals surface area contributed by atoms with E-state index in [1.807, 2.05) is 99.6 Å². The van der Waals surface area contributed by atoms with Gasteiger partial charge in [0.15, 0.2) is 11.6 Å². The third-order valence-corrected chi connectivity index (χ3v) is 16.3. The van der Waals surface area contributed by atoms with Gasteiger partial charge in [-0.1, -0.05) is 118 Å². The van der Waals surface area contributed by atoms with Crippen molar-refractivity contribution in [3.8, 4) is 0 Å². The lowest BCUT2D eigenvalue weighted by molar-refractivity contribution is -0.149. The Labute approximate surface area is 476 Å². The minimum atomic E-state index is -0.928. The second-order valence-corrected chi connectivity index (χ2v) is 23.2. The monoisotopic (exact) mass is 1120 g/mol. The van der Waals surface area contributed by atoms with Gasteiger partial charge >= 0.3 is 12.1 Å². The summed E-state index contributed by atoms with van der Waals surface area (Å²) in [7, 11) is 6.28. The number of ketones is 3. The molecule has 1 saturated heterocycles. The number of likely N-dealkylation sites (N-methyl/N-ethyl adjacent to an activating group) is 2. The molecule has 1 aliphatic rings. The molecule has 1 unspecified atom stereocenters. The molecule has 80 heavy (non-hydrogen) atoms. The van der Waals surface area contributed by atoms with E-state index in [0.717, 1.165) is 12.0 Å². The van der Waals surface area contributed by atoms with E-state index in [1.165, 1.54) is 19.1 Å². The van der Waals surface area contributed by atoms with E-state index in [2.05, 4.69) is 10.6 Å². The molecule has 19 nitrogen and oxygen atoms in total. The molecule has 2 aromatic rings. The first-order chi connectivity index (χ1) is 37.7. The molecule has 3 rings (SSSR count). The maximum Gasteiger partial charge on any atom is 0.410 e. The van der Waals surface area contributed by atoms with Gasteiger partial charge in [0.2, 0.25) is 17.7 Å². The summed E-state index contributed by atoms with van der Waals surface area (Å²) in [5.41, 5.74) is 13.1. The van der Waals surface area contributed by atoms with Gasteiger partial charge in [0.05, 0.1) is 48.9 Å².